The molecule has 6 nitrogen and oxygen atoms in total. The molecule has 0 radical (unpaired) electrons. The number of benzene rings is 2. The van der Waals surface area contributed by atoms with E-state index in [2.05, 4.69) is 22.8 Å². The SMILES string of the molecule is CCCCCOc1ccc(NC(=O)C(=O)N/N=C\c2ccc(C)cc2)cc1. The summed E-state index contributed by atoms with van der Waals surface area (Å²) in [7, 11) is 0. The summed E-state index contributed by atoms with van der Waals surface area (Å²) in [4.78, 5) is 23.7. The van der Waals surface area contributed by atoms with Crippen LogP contribution in [-0.2, 0) is 9.59 Å². The number of unbranched alkanes of at least 4 members (excludes halogenated alkanes) is 2. The van der Waals surface area contributed by atoms with Crippen LogP contribution in [-0.4, -0.2) is 24.6 Å². The number of hydrazone groups is 1. The summed E-state index contributed by atoms with van der Waals surface area (Å²) < 4.78 is 5.61. The van der Waals surface area contributed by atoms with Crippen LogP contribution in [0.15, 0.2) is 53.6 Å². The highest BCUT2D eigenvalue weighted by atomic mass is 16.5. The summed E-state index contributed by atoms with van der Waals surface area (Å²) in [6.07, 6.45) is 4.77. The lowest BCUT2D eigenvalue weighted by Crippen LogP contribution is -2.32. The molecule has 0 aliphatic rings. The van der Waals surface area contributed by atoms with Crippen LogP contribution in [0.4, 0.5) is 5.69 Å². The standard InChI is InChI=1S/C21H25N3O3/c1-3-4-5-14-27-19-12-10-18(11-13-19)23-20(25)21(26)24-22-15-17-8-6-16(2)7-9-17/h6-13,15H,3-5,14H2,1-2H3,(H,23,25)(H,24,26)/b22-15-. The van der Waals surface area contributed by atoms with Gasteiger partial charge in [-0.05, 0) is 43.2 Å². The number of ether oxygens (including phenoxy) is 1. The summed E-state index contributed by atoms with van der Waals surface area (Å²) in [5.74, 6) is -0.887. The molecule has 0 saturated heterocycles. The fourth-order valence-corrected chi connectivity index (χ4v) is 2.23. The summed E-state index contributed by atoms with van der Waals surface area (Å²) >= 11 is 0. The van der Waals surface area contributed by atoms with E-state index in [9.17, 15) is 9.59 Å². The summed E-state index contributed by atoms with van der Waals surface area (Å²) in [6, 6.07) is 14.5. The number of amides is 2. The van der Waals surface area contributed by atoms with Gasteiger partial charge in [-0.3, -0.25) is 9.59 Å². The minimum absolute atomic E-state index is 0.513. The predicted molar refractivity (Wildman–Crippen MR) is 107 cm³/mol. The maximum absolute atomic E-state index is 11.9. The minimum Gasteiger partial charge on any atom is -0.494 e. The van der Waals surface area contributed by atoms with Gasteiger partial charge in [-0.25, -0.2) is 5.43 Å². The van der Waals surface area contributed by atoms with E-state index in [0.717, 1.165) is 36.1 Å². The molecule has 2 rings (SSSR count). The average molecular weight is 367 g/mol. The van der Waals surface area contributed by atoms with Crippen molar-refractivity contribution in [3.63, 3.8) is 0 Å². The molecule has 0 saturated carbocycles. The van der Waals surface area contributed by atoms with Gasteiger partial charge in [-0.15, -0.1) is 0 Å². The highest BCUT2D eigenvalue weighted by Crippen LogP contribution is 2.16. The quantitative estimate of drug-likeness (QED) is 0.323. The van der Waals surface area contributed by atoms with E-state index >= 15 is 0 Å². The Kier molecular flexibility index (Phi) is 8.03. The van der Waals surface area contributed by atoms with E-state index in [-0.39, 0.29) is 0 Å². The topological polar surface area (TPSA) is 79.8 Å². The number of carbonyl (C=O) groups excluding carboxylic acids is 2. The first-order valence-corrected chi connectivity index (χ1v) is 9.02. The van der Waals surface area contributed by atoms with Gasteiger partial charge in [-0.1, -0.05) is 49.6 Å². The fourth-order valence-electron chi connectivity index (χ4n) is 2.23. The average Bonchev–Trinajstić information content (AvgIpc) is 2.68. The van der Waals surface area contributed by atoms with Gasteiger partial charge in [0.05, 0.1) is 12.8 Å². The maximum atomic E-state index is 11.9. The molecule has 0 atom stereocenters. The van der Waals surface area contributed by atoms with Gasteiger partial charge in [0, 0.05) is 5.69 Å². The Morgan fingerprint density at radius 3 is 2.37 bits per heavy atom. The molecule has 2 aromatic rings. The highest BCUT2D eigenvalue weighted by molar-refractivity contribution is 6.39. The zero-order valence-electron chi connectivity index (χ0n) is 15.7. The van der Waals surface area contributed by atoms with Crippen LogP contribution < -0.4 is 15.5 Å². The molecule has 6 heteroatoms. The largest absolute Gasteiger partial charge is 0.494 e. The van der Waals surface area contributed by atoms with E-state index in [1.165, 1.54) is 6.21 Å². The second-order valence-electron chi connectivity index (χ2n) is 6.14. The number of rotatable bonds is 8. The summed E-state index contributed by atoms with van der Waals surface area (Å²) in [6.45, 7) is 4.79. The molecule has 2 N–H and O–H groups in total. The van der Waals surface area contributed by atoms with E-state index in [1.807, 2.05) is 31.2 Å². The van der Waals surface area contributed by atoms with E-state index in [4.69, 9.17) is 4.74 Å². The molecule has 0 fully saturated rings. The smallest absolute Gasteiger partial charge is 0.329 e. The molecule has 142 valence electrons. The lowest BCUT2D eigenvalue weighted by atomic mass is 10.2. The molecule has 0 aliphatic heterocycles. The van der Waals surface area contributed by atoms with Crippen LogP contribution in [0.5, 0.6) is 5.75 Å². The molecule has 0 heterocycles. The Labute approximate surface area is 159 Å². The Hall–Kier alpha value is -3.15. The number of nitrogens with one attached hydrogen (secondary N) is 2. The van der Waals surface area contributed by atoms with Crippen LogP contribution in [0.1, 0.15) is 37.3 Å². The zero-order chi connectivity index (χ0) is 19.5. The summed E-state index contributed by atoms with van der Waals surface area (Å²) in [5, 5.41) is 6.31. The predicted octanol–water partition coefficient (Wildman–Crippen LogP) is 3.65. The molecule has 0 spiro atoms. The van der Waals surface area contributed by atoms with Gasteiger partial charge in [0.1, 0.15) is 5.75 Å². The third kappa shape index (κ3) is 7.32. The molecular weight excluding hydrogens is 342 g/mol. The minimum atomic E-state index is -0.835. The van der Waals surface area contributed by atoms with E-state index in [0.29, 0.717) is 12.3 Å². The van der Waals surface area contributed by atoms with Gasteiger partial charge < -0.3 is 10.1 Å². The second kappa shape index (κ2) is 10.8. The molecule has 0 unspecified atom stereocenters. The molecule has 0 aliphatic carbocycles. The molecule has 2 aromatic carbocycles. The van der Waals surface area contributed by atoms with Crippen molar-refractivity contribution in [2.45, 2.75) is 33.1 Å². The normalized spacial score (nSPS) is 10.6. The number of aryl methyl sites for hydroxylation is 1. The number of hydrogen-bond donors (Lipinski definition) is 2. The highest BCUT2D eigenvalue weighted by Gasteiger charge is 2.12. The third-order valence-corrected chi connectivity index (χ3v) is 3.79. The van der Waals surface area contributed by atoms with Crippen molar-refractivity contribution in [3.05, 3.63) is 59.7 Å². The van der Waals surface area contributed by atoms with Gasteiger partial charge in [0.25, 0.3) is 0 Å². The summed E-state index contributed by atoms with van der Waals surface area (Å²) in [5.41, 5.74) is 4.69. The molecule has 27 heavy (non-hydrogen) atoms. The van der Waals surface area contributed by atoms with E-state index in [1.54, 1.807) is 24.3 Å². The number of nitrogens with zero attached hydrogens (tertiary/aromatic N) is 1. The first-order chi connectivity index (χ1) is 13.1. The zero-order valence-corrected chi connectivity index (χ0v) is 15.7. The molecule has 0 bridgehead atoms. The van der Waals surface area contributed by atoms with Crippen LogP contribution in [0, 0.1) is 6.92 Å². The van der Waals surface area contributed by atoms with Crippen LogP contribution in [0.3, 0.4) is 0 Å². The Balaban J connectivity index is 1.78. The number of anilines is 1. The number of hydrogen-bond acceptors (Lipinski definition) is 4. The molecule has 0 aromatic heterocycles. The second-order valence-corrected chi connectivity index (χ2v) is 6.14. The van der Waals surface area contributed by atoms with Crippen LogP contribution >= 0.6 is 0 Å². The third-order valence-electron chi connectivity index (χ3n) is 3.79. The Morgan fingerprint density at radius 1 is 1.00 bits per heavy atom. The van der Waals surface area contributed by atoms with Gasteiger partial charge in [-0.2, -0.15) is 5.10 Å². The van der Waals surface area contributed by atoms with Crippen molar-refractivity contribution in [1.82, 2.24) is 5.43 Å². The Bertz CT molecular complexity index is 768. The lowest BCUT2D eigenvalue weighted by molar-refractivity contribution is -0.136. The number of carbonyl (C=O) groups is 2. The van der Waals surface area contributed by atoms with Crippen LogP contribution in [0.25, 0.3) is 0 Å². The van der Waals surface area contributed by atoms with Crippen molar-refractivity contribution < 1.29 is 14.3 Å². The molecule has 2 amide bonds. The van der Waals surface area contributed by atoms with Crippen LogP contribution in [0.2, 0.25) is 0 Å². The van der Waals surface area contributed by atoms with Crippen molar-refractivity contribution >= 4 is 23.7 Å². The Morgan fingerprint density at radius 2 is 1.70 bits per heavy atom. The molecular formula is C21H25N3O3. The van der Waals surface area contributed by atoms with E-state index < -0.39 is 11.8 Å². The van der Waals surface area contributed by atoms with Crippen molar-refractivity contribution in [1.29, 1.82) is 0 Å². The van der Waals surface area contributed by atoms with Gasteiger partial charge >= 0.3 is 11.8 Å². The first-order valence-electron chi connectivity index (χ1n) is 9.02. The fraction of sp³-hybridized carbons (Fsp3) is 0.286. The first kappa shape index (κ1) is 20.2. The van der Waals surface area contributed by atoms with Crippen molar-refractivity contribution in [2.75, 3.05) is 11.9 Å². The van der Waals surface area contributed by atoms with Gasteiger partial charge in [0.2, 0.25) is 0 Å². The lowest BCUT2D eigenvalue weighted by Gasteiger charge is -2.07. The van der Waals surface area contributed by atoms with Gasteiger partial charge in [0.15, 0.2) is 0 Å². The van der Waals surface area contributed by atoms with Crippen molar-refractivity contribution in [3.8, 4) is 5.75 Å². The van der Waals surface area contributed by atoms with Crippen molar-refractivity contribution in [2.24, 2.45) is 5.10 Å². The monoisotopic (exact) mass is 367 g/mol. The maximum Gasteiger partial charge on any atom is 0.329 e.